The van der Waals surface area contributed by atoms with E-state index in [1.54, 1.807) is 36.4 Å². The van der Waals surface area contributed by atoms with Gasteiger partial charge in [0.25, 0.3) is 11.8 Å². The van der Waals surface area contributed by atoms with Crippen LogP contribution in [0.3, 0.4) is 0 Å². The number of rotatable bonds is 6. The molecule has 7 heteroatoms. The Morgan fingerprint density at radius 2 is 1.86 bits per heavy atom. The Kier molecular flexibility index (Phi) is 5.76. The van der Waals surface area contributed by atoms with Crippen LogP contribution in [-0.4, -0.2) is 46.9 Å². The fraction of sp³-hybridized carbons (Fsp3) is 0.409. The largest absolute Gasteiger partial charge is 0.397 e. The van der Waals surface area contributed by atoms with Gasteiger partial charge in [0.2, 0.25) is 0 Å². The second-order valence-corrected chi connectivity index (χ2v) is 7.80. The van der Waals surface area contributed by atoms with Crippen LogP contribution in [0, 0.1) is 0 Å². The van der Waals surface area contributed by atoms with Gasteiger partial charge in [-0.25, -0.2) is 0 Å². The second-order valence-electron chi connectivity index (χ2n) is 7.80. The van der Waals surface area contributed by atoms with Crippen molar-refractivity contribution in [2.45, 2.75) is 44.2 Å². The molecule has 0 spiro atoms. The van der Waals surface area contributed by atoms with Crippen LogP contribution in [0.5, 0.6) is 0 Å². The molecule has 1 saturated heterocycles. The molecule has 2 heterocycles. The molecule has 2 fully saturated rings. The van der Waals surface area contributed by atoms with Crippen LogP contribution in [0.2, 0.25) is 0 Å². The van der Waals surface area contributed by atoms with Crippen LogP contribution >= 0.6 is 0 Å². The lowest BCUT2D eigenvalue weighted by atomic mass is 9.98. The van der Waals surface area contributed by atoms with Gasteiger partial charge in [-0.05, 0) is 43.5 Å². The number of nitrogen functional groups attached to an aromatic ring is 1. The average Bonchev–Trinajstić information content (AvgIpc) is 3.23. The van der Waals surface area contributed by atoms with Gasteiger partial charge in [0.1, 0.15) is 5.69 Å². The molecule has 1 aliphatic carbocycles. The molecule has 4 rings (SSSR count). The summed E-state index contributed by atoms with van der Waals surface area (Å²) in [6.07, 6.45) is 7.79. The third-order valence-corrected chi connectivity index (χ3v) is 5.95. The molecule has 1 aliphatic heterocycles. The number of pyridine rings is 1. The fourth-order valence-electron chi connectivity index (χ4n) is 4.17. The number of nitrogens with one attached hydrogen (secondary N) is 2. The van der Waals surface area contributed by atoms with Crippen LogP contribution < -0.4 is 16.4 Å². The number of hydrogen-bond donors (Lipinski definition) is 3. The molecule has 1 atom stereocenters. The summed E-state index contributed by atoms with van der Waals surface area (Å²) >= 11 is 0. The predicted molar refractivity (Wildman–Crippen MR) is 113 cm³/mol. The van der Waals surface area contributed by atoms with E-state index in [9.17, 15) is 9.59 Å². The predicted octanol–water partition coefficient (Wildman–Crippen LogP) is 2.66. The summed E-state index contributed by atoms with van der Waals surface area (Å²) in [4.78, 5) is 31.5. The monoisotopic (exact) mass is 393 g/mol. The maximum absolute atomic E-state index is 12.4. The minimum Gasteiger partial charge on any atom is -0.397 e. The zero-order valence-electron chi connectivity index (χ0n) is 16.4. The summed E-state index contributed by atoms with van der Waals surface area (Å²) in [7, 11) is 0. The van der Waals surface area contributed by atoms with Crippen LogP contribution in [-0.2, 0) is 0 Å². The van der Waals surface area contributed by atoms with Gasteiger partial charge in [-0.2, -0.15) is 0 Å². The normalized spacial score (nSPS) is 19.5. The zero-order valence-corrected chi connectivity index (χ0v) is 16.4. The van der Waals surface area contributed by atoms with Gasteiger partial charge in [0.05, 0.1) is 16.9 Å². The van der Waals surface area contributed by atoms with E-state index in [0.29, 0.717) is 35.6 Å². The molecule has 1 unspecified atom stereocenters. The highest BCUT2D eigenvalue weighted by atomic mass is 16.2. The van der Waals surface area contributed by atoms with E-state index in [0.717, 1.165) is 13.0 Å². The molecule has 0 bridgehead atoms. The molecule has 2 amide bonds. The number of carbonyl (C=O) groups excluding carboxylic acids is 2. The maximum atomic E-state index is 12.4. The Labute approximate surface area is 170 Å². The number of nitrogens with two attached hydrogens (primary N) is 1. The van der Waals surface area contributed by atoms with Crippen molar-refractivity contribution in [3.05, 3.63) is 53.9 Å². The molecular weight excluding hydrogens is 366 g/mol. The van der Waals surface area contributed by atoms with Crippen molar-refractivity contribution < 1.29 is 9.59 Å². The summed E-state index contributed by atoms with van der Waals surface area (Å²) in [5, 5.41) is 5.74. The van der Waals surface area contributed by atoms with Gasteiger partial charge in [-0.3, -0.25) is 19.5 Å². The van der Waals surface area contributed by atoms with Gasteiger partial charge < -0.3 is 16.4 Å². The number of hydrogen-bond acceptors (Lipinski definition) is 5. The highest BCUT2D eigenvalue weighted by Crippen LogP contribution is 2.30. The SMILES string of the molecule is Nc1ccccc1NC(=O)c1ccc(C(=O)NCC2CCN2C2CCCC2)cn1. The number of carbonyl (C=O) groups is 2. The minimum absolute atomic E-state index is 0.157. The average molecular weight is 393 g/mol. The number of benzene rings is 1. The lowest BCUT2D eigenvalue weighted by Gasteiger charge is -2.45. The van der Waals surface area contributed by atoms with E-state index in [2.05, 4.69) is 20.5 Å². The van der Waals surface area contributed by atoms with Crippen molar-refractivity contribution >= 4 is 23.2 Å². The third kappa shape index (κ3) is 4.40. The van der Waals surface area contributed by atoms with Crippen molar-refractivity contribution in [1.29, 1.82) is 0 Å². The molecule has 29 heavy (non-hydrogen) atoms. The Morgan fingerprint density at radius 3 is 2.52 bits per heavy atom. The third-order valence-electron chi connectivity index (χ3n) is 5.95. The molecule has 2 aromatic rings. The van der Waals surface area contributed by atoms with Gasteiger partial charge in [-0.15, -0.1) is 0 Å². The van der Waals surface area contributed by atoms with E-state index in [4.69, 9.17) is 5.73 Å². The molecule has 7 nitrogen and oxygen atoms in total. The molecular formula is C22H27N5O2. The standard InChI is InChI=1S/C22H27N5O2/c23-18-7-3-4-8-19(18)26-22(29)20-10-9-15(13-24-20)21(28)25-14-17-11-12-27(17)16-5-1-2-6-16/h3-4,7-10,13,16-17H,1-2,5-6,11-12,14,23H2,(H,25,28)(H,26,29). The number of amides is 2. The molecule has 1 aromatic carbocycles. The summed E-state index contributed by atoms with van der Waals surface area (Å²) in [5.41, 5.74) is 7.55. The number of likely N-dealkylation sites (tertiary alicyclic amines) is 1. The van der Waals surface area contributed by atoms with Crippen LogP contribution in [0.4, 0.5) is 11.4 Å². The highest BCUT2D eigenvalue weighted by molar-refractivity contribution is 6.04. The Hall–Kier alpha value is -2.93. The number of anilines is 2. The Balaban J connectivity index is 1.30. The first-order valence-corrected chi connectivity index (χ1v) is 10.3. The summed E-state index contributed by atoms with van der Waals surface area (Å²) in [6, 6.07) is 11.4. The summed E-state index contributed by atoms with van der Waals surface area (Å²) in [6.45, 7) is 1.80. The molecule has 152 valence electrons. The number of nitrogens with zero attached hydrogens (tertiary/aromatic N) is 2. The summed E-state index contributed by atoms with van der Waals surface area (Å²) < 4.78 is 0. The summed E-state index contributed by atoms with van der Waals surface area (Å²) in [5.74, 6) is -0.522. The number of para-hydroxylation sites is 2. The van der Waals surface area contributed by atoms with Crippen LogP contribution in [0.25, 0.3) is 0 Å². The molecule has 1 aromatic heterocycles. The molecule has 0 radical (unpaired) electrons. The lowest BCUT2D eigenvalue weighted by molar-refractivity contribution is 0.0425. The highest BCUT2D eigenvalue weighted by Gasteiger charge is 2.35. The first-order chi connectivity index (χ1) is 14.1. The van der Waals surface area contributed by atoms with Crippen LogP contribution in [0.1, 0.15) is 53.0 Å². The minimum atomic E-state index is -0.364. The number of aromatic nitrogens is 1. The first kappa shape index (κ1) is 19.4. The Bertz CT molecular complexity index is 877. The topological polar surface area (TPSA) is 100 Å². The quantitative estimate of drug-likeness (QED) is 0.655. The molecule has 4 N–H and O–H groups in total. The Morgan fingerprint density at radius 1 is 1.07 bits per heavy atom. The van der Waals surface area contributed by atoms with Gasteiger partial charge in [-0.1, -0.05) is 25.0 Å². The van der Waals surface area contributed by atoms with Gasteiger partial charge in [0.15, 0.2) is 0 Å². The fourth-order valence-corrected chi connectivity index (χ4v) is 4.17. The smallest absolute Gasteiger partial charge is 0.274 e. The first-order valence-electron chi connectivity index (χ1n) is 10.3. The van der Waals surface area contributed by atoms with Crippen LogP contribution in [0.15, 0.2) is 42.6 Å². The second kappa shape index (κ2) is 8.61. The van der Waals surface area contributed by atoms with E-state index >= 15 is 0 Å². The van der Waals surface area contributed by atoms with Gasteiger partial charge >= 0.3 is 0 Å². The van der Waals surface area contributed by atoms with E-state index < -0.39 is 0 Å². The zero-order chi connectivity index (χ0) is 20.2. The van der Waals surface area contributed by atoms with E-state index in [1.807, 2.05) is 0 Å². The van der Waals surface area contributed by atoms with Crippen molar-refractivity contribution in [3.63, 3.8) is 0 Å². The van der Waals surface area contributed by atoms with Crippen molar-refractivity contribution in [2.24, 2.45) is 0 Å². The molecule has 2 aliphatic rings. The van der Waals surface area contributed by atoms with E-state index in [-0.39, 0.29) is 17.5 Å². The molecule has 1 saturated carbocycles. The van der Waals surface area contributed by atoms with Gasteiger partial charge in [0, 0.05) is 31.4 Å². The lowest BCUT2D eigenvalue weighted by Crippen LogP contribution is -2.56. The van der Waals surface area contributed by atoms with E-state index in [1.165, 1.54) is 31.9 Å². The van der Waals surface area contributed by atoms with Crippen molar-refractivity contribution in [1.82, 2.24) is 15.2 Å². The van der Waals surface area contributed by atoms with Crippen molar-refractivity contribution in [3.8, 4) is 0 Å². The maximum Gasteiger partial charge on any atom is 0.274 e. The van der Waals surface area contributed by atoms with Crippen molar-refractivity contribution in [2.75, 3.05) is 24.1 Å².